The van der Waals surface area contributed by atoms with E-state index in [0.717, 1.165) is 25.4 Å². The zero-order chi connectivity index (χ0) is 13.1. The molecule has 1 aromatic rings. The van der Waals surface area contributed by atoms with E-state index in [4.69, 9.17) is 4.52 Å². The predicted molar refractivity (Wildman–Crippen MR) is 68.4 cm³/mol. The highest BCUT2D eigenvalue weighted by atomic mass is 16.5. The minimum Gasteiger partial charge on any atom is -0.393 e. The lowest BCUT2D eigenvalue weighted by molar-refractivity contribution is 0.153. The van der Waals surface area contributed by atoms with E-state index in [1.165, 1.54) is 6.42 Å². The maximum absolute atomic E-state index is 9.31. The molecular formula is C13H23N3O2. The maximum Gasteiger partial charge on any atom is 0.231 e. The van der Waals surface area contributed by atoms with Gasteiger partial charge in [-0.2, -0.15) is 4.98 Å². The molecule has 0 saturated carbocycles. The summed E-state index contributed by atoms with van der Waals surface area (Å²) in [6.45, 7) is 8.32. The molecule has 1 N–H and O–H groups in total. The first kappa shape index (κ1) is 13.5. The molecule has 1 aromatic heterocycles. The SMILES string of the molecule is CC(O)Cc1noc(C2CCCN(C(C)C)C2)n1. The Labute approximate surface area is 108 Å². The number of hydrogen-bond acceptors (Lipinski definition) is 5. The van der Waals surface area contributed by atoms with Crippen molar-refractivity contribution in [3.63, 3.8) is 0 Å². The summed E-state index contributed by atoms with van der Waals surface area (Å²) in [5.74, 6) is 1.69. The van der Waals surface area contributed by atoms with Crippen LogP contribution in [0.25, 0.3) is 0 Å². The van der Waals surface area contributed by atoms with Crippen LogP contribution in [0.4, 0.5) is 0 Å². The van der Waals surface area contributed by atoms with Gasteiger partial charge >= 0.3 is 0 Å². The Morgan fingerprint density at radius 1 is 1.44 bits per heavy atom. The van der Waals surface area contributed by atoms with Crippen LogP contribution >= 0.6 is 0 Å². The van der Waals surface area contributed by atoms with Gasteiger partial charge in [-0.25, -0.2) is 0 Å². The van der Waals surface area contributed by atoms with E-state index in [1.807, 2.05) is 0 Å². The molecular weight excluding hydrogens is 230 g/mol. The minimum atomic E-state index is -0.422. The third-order valence-electron chi connectivity index (χ3n) is 3.49. The minimum absolute atomic E-state index is 0.344. The Bertz CT molecular complexity index is 376. The zero-order valence-electron chi connectivity index (χ0n) is 11.5. The average molecular weight is 253 g/mol. The summed E-state index contributed by atoms with van der Waals surface area (Å²) in [6.07, 6.45) is 2.33. The van der Waals surface area contributed by atoms with Crippen molar-refractivity contribution in [2.45, 2.75) is 58.1 Å². The van der Waals surface area contributed by atoms with Gasteiger partial charge in [-0.1, -0.05) is 5.16 Å². The van der Waals surface area contributed by atoms with Crippen LogP contribution < -0.4 is 0 Å². The number of hydrogen-bond donors (Lipinski definition) is 1. The number of aliphatic hydroxyl groups excluding tert-OH is 1. The fourth-order valence-corrected chi connectivity index (χ4v) is 2.46. The lowest BCUT2D eigenvalue weighted by Crippen LogP contribution is -2.39. The molecule has 1 aliphatic heterocycles. The Morgan fingerprint density at radius 3 is 2.89 bits per heavy atom. The van der Waals surface area contributed by atoms with Crippen LogP contribution in [0.15, 0.2) is 4.52 Å². The summed E-state index contributed by atoms with van der Waals surface area (Å²) >= 11 is 0. The molecule has 1 saturated heterocycles. The number of rotatable bonds is 4. The molecule has 0 amide bonds. The molecule has 2 rings (SSSR count). The van der Waals surface area contributed by atoms with E-state index in [1.54, 1.807) is 6.92 Å². The number of aliphatic hydroxyl groups is 1. The lowest BCUT2D eigenvalue weighted by Gasteiger charge is -2.33. The summed E-state index contributed by atoms with van der Waals surface area (Å²) < 4.78 is 5.33. The highest BCUT2D eigenvalue weighted by Gasteiger charge is 2.27. The van der Waals surface area contributed by atoms with Gasteiger partial charge in [0, 0.05) is 19.0 Å². The molecule has 2 atom stereocenters. The predicted octanol–water partition coefficient (Wildman–Crippen LogP) is 1.58. The first-order valence-corrected chi connectivity index (χ1v) is 6.81. The van der Waals surface area contributed by atoms with Crippen LogP contribution in [-0.2, 0) is 6.42 Å². The van der Waals surface area contributed by atoms with Crippen LogP contribution in [0.2, 0.25) is 0 Å². The topological polar surface area (TPSA) is 62.4 Å². The van der Waals surface area contributed by atoms with Crippen molar-refractivity contribution in [2.75, 3.05) is 13.1 Å². The summed E-state index contributed by atoms with van der Waals surface area (Å²) in [7, 11) is 0. The van der Waals surface area contributed by atoms with Crippen molar-refractivity contribution in [3.8, 4) is 0 Å². The van der Waals surface area contributed by atoms with Crippen molar-refractivity contribution >= 4 is 0 Å². The second kappa shape index (κ2) is 5.80. The largest absolute Gasteiger partial charge is 0.393 e. The van der Waals surface area contributed by atoms with Gasteiger partial charge in [0.1, 0.15) is 0 Å². The molecule has 0 bridgehead atoms. The molecule has 1 fully saturated rings. The summed E-state index contributed by atoms with van der Waals surface area (Å²) in [5, 5.41) is 13.2. The van der Waals surface area contributed by atoms with Gasteiger partial charge in [0.25, 0.3) is 0 Å². The summed E-state index contributed by atoms with van der Waals surface area (Å²) in [5.41, 5.74) is 0. The summed E-state index contributed by atoms with van der Waals surface area (Å²) in [4.78, 5) is 6.85. The van der Waals surface area contributed by atoms with Gasteiger partial charge < -0.3 is 14.5 Å². The van der Waals surface area contributed by atoms with Crippen LogP contribution in [0.3, 0.4) is 0 Å². The van der Waals surface area contributed by atoms with Crippen LogP contribution in [0.5, 0.6) is 0 Å². The number of likely N-dealkylation sites (tertiary alicyclic amines) is 1. The van der Waals surface area contributed by atoms with Crippen molar-refractivity contribution in [1.82, 2.24) is 15.0 Å². The Balaban J connectivity index is 2.00. The van der Waals surface area contributed by atoms with Gasteiger partial charge in [0.15, 0.2) is 5.82 Å². The Hall–Kier alpha value is -0.940. The first-order chi connectivity index (χ1) is 8.56. The Morgan fingerprint density at radius 2 is 2.22 bits per heavy atom. The molecule has 5 heteroatoms. The van der Waals surface area contributed by atoms with Crippen LogP contribution in [-0.4, -0.2) is 45.4 Å². The van der Waals surface area contributed by atoms with E-state index >= 15 is 0 Å². The first-order valence-electron chi connectivity index (χ1n) is 6.81. The normalized spacial score (nSPS) is 23.5. The second-order valence-corrected chi connectivity index (χ2v) is 5.53. The van der Waals surface area contributed by atoms with Crippen LogP contribution in [0, 0.1) is 0 Å². The molecule has 0 spiro atoms. The van der Waals surface area contributed by atoms with E-state index < -0.39 is 6.10 Å². The smallest absolute Gasteiger partial charge is 0.231 e. The van der Waals surface area contributed by atoms with E-state index in [9.17, 15) is 5.11 Å². The van der Waals surface area contributed by atoms with Crippen molar-refractivity contribution < 1.29 is 9.63 Å². The van der Waals surface area contributed by atoms with Gasteiger partial charge in [0.05, 0.1) is 12.0 Å². The van der Waals surface area contributed by atoms with Gasteiger partial charge in [0.2, 0.25) is 5.89 Å². The molecule has 2 unspecified atom stereocenters. The standard InChI is InChI=1S/C13H23N3O2/c1-9(2)16-6-4-5-11(8-16)13-14-12(15-18-13)7-10(3)17/h9-11,17H,4-8H2,1-3H3. The quantitative estimate of drug-likeness (QED) is 0.882. The molecule has 18 heavy (non-hydrogen) atoms. The molecule has 1 aliphatic rings. The second-order valence-electron chi connectivity index (χ2n) is 5.53. The monoisotopic (exact) mass is 253 g/mol. The van der Waals surface area contributed by atoms with E-state index in [-0.39, 0.29) is 0 Å². The number of piperidine rings is 1. The van der Waals surface area contributed by atoms with Gasteiger partial charge in [-0.15, -0.1) is 0 Å². The zero-order valence-corrected chi connectivity index (χ0v) is 11.5. The molecule has 2 heterocycles. The average Bonchev–Trinajstić information content (AvgIpc) is 2.77. The molecule has 0 aromatic carbocycles. The Kier molecular flexibility index (Phi) is 4.35. The third-order valence-corrected chi connectivity index (χ3v) is 3.49. The molecule has 0 radical (unpaired) electrons. The lowest BCUT2D eigenvalue weighted by atomic mass is 9.97. The van der Waals surface area contributed by atoms with Gasteiger partial charge in [-0.3, -0.25) is 0 Å². The van der Waals surface area contributed by atoms with Crippen LogP contribution in [0.1, 0.15) is 51.2 Å². The highest BCUT2D eigenvalue weighted by molar-refractivity contribution is 4.98. The van der Waals surface area contributed by atoms with E-state index in [0.29, 0.717) is 24.2 Å². The van der Waals surface area contributed by atoms with E-state index in [2.05, 4.69) is 28.9 Å². The van der Waals surface area contributed by atoms with Crippen molar-refractivity contribution in [1.29, 1.82) is 0 Å². The number of aromatic nitrogens is 2. The third kappa shape index (κ3) is 3.29. The fourth-order valence-electron chi connectivity index (χ4n) is 2.46. The molecule has 5 nitrogen and oxygen atoms in total. The van der Waals surface area contributed by atoms with Crippen molar-refractivity contribution in [3.05, 3.63) is 11.7 Å². The van der Waals surface area contributed by atoms with Gasteiger partial charge in [-0.05, 0) is 40.2 Å². The fraction of sp³-hybridized carbons (Fsp3) is 0.846. The molecule has 102 valence electrons. The maximum atomic E-state index is 9.31. The van der Waals surface area contributed by atoms with Crippen molar-refractivity contribution in [2.24, 2.45) is 0 Å². The summed E-state index contributed by atoms with van der Waals surface area (Å²) in [6, 6.07) is 0.563. The number of nitrogens with zero attached hydrogens (tertiary/aromatic N) is 3. The highest BCUT2D eigenvalue weighted by Crippen LogP contribution is 2.26. The molecule has 0 aliphatic carbocycles.